The van der Waals surface area contributed by atoms with Crippen LogP contribution in [0.25, 0.3) is 6.08 Å². The Hall–Kier alpha value is -4.39. The molecule has 7 nitrogen and oxygen atoms in total. The summed E-state index contributed by atoms with van der Waals surface area (Å²) >= 11 is 0. The highest BCUT2D eigenvalue weighted by Crippen LogP contribution is 2.17. The molecule has 0 aliphatic rings. The highest BCUT2D eigenvalue weighted by molar-refractivity contribution is 6.10. The number of methoxy groups -OCH3 is 1. The standard InChI is InChI=1S/C29H30N2O5/c1-4-5-18-36-26-16-10-23(11-17-26)28(33)31-27(19-21-6-14-25(35-3)15-7-21)29(34)30-24-12-8-22(9-13-24)20(2)32/h6-17,19H,4-5,18H2,1-3H3,(H,30,34)(H,31,33)/b27-19+. The molecule has 2 amide bonds. The fourth-order valence-electron chi connectivity index (χ4n) is 3.24. The Kier molecular flexibility index (Phi) is 9.40. The Morgan fingerprint density at radius 3 is 2.03 bits per heavy atom. The fraction of sp³-hybridized carbons (Fsp3) is 0.207. The summed E-state index contributed by atoms with van der Waals surface area (Å²) in [6, 6.07) is 20.4. The molecule has 0 unspecified atom stereocenters. The summed E-state index contributed by atoms with van der Waals surface area (Å²) in [4.78, 5) is 37.6. The van der Waals surface area contributed by atoms with Gasteiger partial charge in [-0.3, -0.25) is 14.4 Å². The van der Waals surface area contributed by atoms with Crippen LogP contribution in [0.4, 0.5) is 5.69 Å². The van der Waals surface area contributed by atoms with Gasteiger partial charge in [-0.05, 0) is 85.6 Å². The van der Waals surface area contributed by atoms with Crippen LogP contribution in [0, 0.1) is 0 Å². The van der Waals surface area contributed by atoms with Crippen molar-refractivity contribution in [2.75, 3.05) is 19.0 Å². The maximum absolute atomic E-state index is 13.1. The SMILES string of the molecule is CCCCOc1ccc(C(=O)N/C(=C/c2ccc(OC)cc2)C(=O)Nc2ccc(C(C)=O)cc2)cc1. The van der Waals surface area contributed by atoms with Crippen molar-refractivity contribution in [3.63, 3.8) is 0 Å². The third-order valence-electron chi connectivity index (χ3n) is 5.35. The maximum atomic E-state index is 13.1. The predicted octanol–water partition coefficient (Wildman–Crippen LogP) is 5.49. The van der Waals surface area contributed by atoms with Gasteiger partial charge in [0.05, 0.1) is 13.7 Å². The number of anilines is 1. The van der Waals surface area contributed by atoms with Crippen LogP contribution in [0.1, 0.15) is 53.0 Å². The summed E-state index contributed by atoms with van der Waals surface area (Å²) in [5, 5.41) is 5.48. The second-order valence-electron chi connectivity index (χ2n) is 8.10. The smallest absolute Gasteiger partial charge is 0.272 e. The first kappa shape index (κ1) is 26.2. The van der Waals surface area contributed by atoms with Crippen LogP contribution in [-0.2, 0) is 4.79 Å². The van der Waals surface area contributed by atoms with Crippen molar-refractivity contribution in [2.45, 2.75) is 26.7 Å². The van der Waals surface area contributed by atoms with Crippen LogP contribution >= 0.6 is 0 Å². The third-order valence-corrected chi connectivity index (χ3v) is 5.35. The zero-order chi connectivity index (χ0) is 25.9. The highest BCUT2D eigenvalue weighted by atomic mass is 16.5. The number of Topliss-reactive ketones (excluding diaryl/α,β-unsaturated/α-hetero) is 1. The van der Waals surface area contributed by atoms with E-state index in [1.807, 2.05) is 0 Å². The first-order chi connectivity index (χ1) is 17.4. The molecule has 0 fully saturated rings. The van der Waals surface area contributed by atoms with E-state index in [1.165, 1.54) is 6.92 Å². The molecule has 0 heterocycles. The van der Waals surface area contributed by atoms with Gasteiger partial charge in [-0.25, -0.2) is 0 Å². The summed E-state index contributed by atoms with van der Waals surface area (Å²) in [5.41, 5.74) is 2.18. The minimum atomic E-state index is -0.505. The Morgan fingerprint density at radius 2 is 1.44 bits per heavy atom. The monoisotopic (exact) mass is 486 g/mol. The Balaban J connectivity index is 1.80. The minimum Gasteiger partial charge on any atom is -0.497 e. The number of ether oxygens (including phenoxy) is 2. The van der Waals surface area contributed by atoms with E-state index >= 15 is 0 Å². The molecular formula is C29H30N2O5. The Labute approximate surface area is 211 Å². The summed E-state index contributed by atoms with van der Waals surface area (Å²) < 4.78 is 10.8. The largest absolute Gasteiger partial charge is 0.497 e. The normalized spacial score (nSPS) is 10.9. The second-order valence-corrected chi connectivity index (χ2v) is 8.10. The molecule has 7 heteroatoms. The third kappa shape index (κ3) is 7.56. The van der Waals surface area contributed by atoms with Gasteiger partial charge in [-0.15, -0.1) is 0 Å². The van der Waals surface area contributed by atoms with Gasteiger partial charge in [0.2, 0.25) is 0 Å². The molecule has 0 aliphatic carbocycles. The van der Waals surface area contributed by atoms with Crippen molar-refractivity contribution in [3.05, 3.63) is 95.2 Å². The van der Waals surface area contributed by atoms with E-state index in [1.54, 1.807) is 86.0 Å². The highest BCUT2D eigenvalue weighted by Gasteiger charge is 2.16. The lowest BCUT2D eigenvalue weighted by Crippen LogP contribution is -2.30. The molecular weight excluding hydrogens is 456 g/mol. The van der Waals surface area contributed by atoms with E-state index in [0.29, 0.717) is 40.5 Å². The number of rotatable bonds is 11. The van der Waals surface area contributed by atoms with Crippen LogP contribution in [-0.4, -0.2) is 31.3 Å². The van der Waals surface area contributed by atoms with Crippen LogP contribution in [0.3, 0.4) is 0 Å². The van der Waals surface area contributed by atoms with Crippen molar-refractivity contribution >= 4 is 29.4 Å². The zero-order valence-electron chi connectivity index (χ0n) is 20.7. The summed E-state index contributed by atoms with van der Waals surface area (Å²) in [7, 11) is 1.57. The van der Waals surface area contributed by atoms with Crippen molar-refractivity contribution < 1.29 is 23.9 Å². The molecule has 36 heavy (non-hydrogen) atoms. The lowest BCUT2D eigenvalue weighted by molar-refractivity contribution is -0.113. The molecule has 0 atom stereocenters. The van der Waals surface area contributed by atoms with E-state index in [9.17, 15) is 14.4 Å². The predicted molar refractivity (Wildman–Crippen MR) is 140 cm³/mol. The average Bonchev–Trinajstić information content (AvgIpc) is 2.89. The van der Waals surface area contributed by atoms with Gasteiger partial charge in [0.1, 0.15) is 17.2 Å². The Morgan fingerprint density at radius 1 is 0.833 bits per heavy atom. The van der Waals surface area contributed by atoms with E-state index in [-0.39, 0.29) is 11.5 Å². The van der Waals surface area contributed by atoms with Gasteiger partial charge in [0.25, 0.3) is 11.8 Å². The number of hydrogen-bond acceptors (Lipinski definition) is 5. The van der Waals surface area contributed by atoms with E-state index in [2.05, 4.69) is 17.6 Å². The number of carbonyl (C=O) groups is 3. The van der Waals surface area contributed by atoms with Crippen molar-refractivity contribution in [1.29, 1.82) is 0 Å². The minimum absolute atomic E-state index is 0.0593. The second kappa shape index (κ2) is 12.9. The van der Waals surface area contributed by atoms with Crippen molar-refractivity contribution in [2.24, 2.45) is 0 Å². The first-order valence-electron chi connectivity index (χ1n) is 11.7. The number of carbonyl (C=O) groups excluding carboxylic acids is 3. The molecule has 186 valence electrons. The van der Waals surface area contributed by atoms with Crippen LogP contribution in [0.15, 0.2) is 78.5 Å². The van der Waals surface area contributed by atoms with Gasteiger partial charge in [-0.1, -0.05) is 25.5 Å². The molecule has 0 spiro atoms. The van der Waals surface area contributed by atoms with Crippen LogP contribution in [0.2, 0.25) is 0 Å². The van der Waals surface area contributed by atoms with Crippen molar-refractivity contribution in [1.82, 2.24) is 5.32 Å². The maximum Gasteiger partial charge on any atom is 0.272 e. The molecule has 3 aromatic carbocycles. The molecule has 3 aromatic rings. The van der Waals surface area contributed by atoms with Gasteiger partial charge < -0.3 is 20.1 Å². The molecule has 3 rings (SSSR count). The van der Waals surface area contributed by atoms with Crippen LogP contribution in [0.5, 0.6) is 11.5 Å². The number of nitrogens with one attached hydrogen (secondary N) is 2. The van der Waals surface area contributed by atoms with Gasteiger partial charge >= 0.3 is 0 Å². The van der Waals surface area contributed by atoms with Gasteiger partial charge in [0.15, 0.2) is 5.78 Å². The zero-order valence-corrected chi connectivity index (χ0v) is 20.7. The molecule has 0 saturated heterocycles. The summed E-state index contributed by atoms with van der Waals surface area (Å²) in [6.45, 7) is 4.18. The first-order valence-corrected chi connectivity index (χ1v) is 11.7. The van der Waals surface area contributed by atoms with Crippen LogP contribution < -0.4 is 20.1 Å². The molecule has 0 radical (unpaired) electrons. The molecule has 0 bridgehead atoms. The average molecular weight is 487 g/mol. The molecule has 2 N–H and O–H groups in total. The molecule has 0 saturated carbocycles. The summed E-state index contributed by atoms with van der Waals surface area (Å²) in [6.07, 6.45) is 3.57. The number of amides is 2. The fourth-order valence-corrected chi connectivity index (χ4v) is 3.24. The lowest BCUT2D eigenvalue weighted by Gasteiger charge is -2.12. The van der Waals surface area contributed by atoms with Crippen molar-refractivity contribution in [3.8, 4) is 11.5 Å². The van der Waals surface area contributed by atoms with E-state index < -0.39 is 11.8 Å². The number of hydrogen-bond donors (Lipinski definition) is 2. The number of unbranched alkanes of at least 4 members (excludes halogenated alkanes) is 1. The lowest BCUT2D eigenvalue weighted by atomic mass is 10.1. The van der Waals surface area contributed by atoms with Gasteiger partial charge in [0, 0.05) is 16.8 Å². The summed E-state index contributed by atoms with van der Waals surface area (Å²) in [5.74, 6) is 0.350. The van der Waals surface area contributed by atoms with E-state index in [0.717, 1.165) is 12.8 Å². The molecule has 0 aliphatic heterocycles. The topological polar surface area (TPSA) is 93.7 Å². The Bertz CT molecular complexity index is 1210. The molecule has 0 aromatic heterocycles. The van der Waals surface area contributed by atoms with E-state index in [4.69, 9.17) is 9.47 Å². The number of ketones is 1. The quantitative estimate of drug-likeness (QED) is 0.212. The number of benzene rings is 3. The van der Waals surface area contributed by atoms with Gasteiger partial charge in [-0.2, -0.15) is 0 Å².